The average molecular weight is 239 g/mol. The van der Waals surface area contributed by atoms with Gasteiger partial charge < -0.3 is 5.32 Å². The standard InChI is InChI=1S/C16H33N/c1-6-9-15(4)13-16(12-14(2)3)10-7-8-11-17-5/h14,16-17H,4,6-13H2,1-3,5H3. The number of hydrogen-bond donors (Lipinski definition) is 1. The second kappa shape index (κ2) is 10.8. The molecule has 0 rings (SSSR count). The molecular weight excluding hydrogens is 206 g/mol. The van der Waals surface area contributed by atoms with Gasteiger partial charge in [-0.05, 0) is 51.1 Å². The van der Waals surface area contributed by atoms with Gasteiger partial charge >= 0.3 is 0 Å². The lowest BCUT2D eigenvalue weighted by atomic mass is 9.86. The number of allylic oxidation sites excluding steroid dienone is 1. The molecule has 0 aromatic heterocycles. The molecule has 1 nitrogen and oxygen atoms in total. The van der Waals surface area contributed by atoms with Gasteiger partial charge in [-0.3, -0.25) is 0 Å². The molecule has 102 valence electrons. The van der Waals surface area contributed by atoms with E-state index in [-0.39, 0.29) is 0 Å². The highest BCUT2D eigenvalue weighted by molar-refractivity contribution is 4.95. The minimum absolute atomic E-state index is 0.818. The van der Waals surface area contributed by atoms with Gasteiger partial charge in [0.2, 0.25) is 0 Å². The van der Waals surface area contributed by atoms with E-state index in [1.807, 2.05) is 7.05 Å². The lowest BCUT2D eigenvalue weighted by Crippen LogP contribution is -2.10. The summed E-state index contributed by atoms with van der Waals surface area (Å²) in [6, 6.07) is 0. The minimum Gasteiger partial charge on any atom is -0.320 e. The van der Waals surface area contributed by atoms with Gasteiger partial charge in [0.05, 0.1) is 0 Å². The number of hydrogen-bond acceptors (Lipinski definition) is 1. The maximum Gasteiger partial charge on any atom is -0.00519 e. The predicted octanol–water partition coefficient (Wildman–Crippen LogP) is 4.78. The third kappa shape index (κ3) is 10.6. The van der Waals surface area contributed by atoms with E-state index in [9.17, 15) is 0 Å². The first-order chi connectivity index (χ1) is 8.10. The zero-order valence-electron chi connectivity index (χ0n) is 12.5. The molecule has 0 saturated carbocycles. The van der Waals surface area contributed by atoms with E-state index in [0.717, 1.165) is 18.4 Å². The fourth-order valence-corrected chi connectivity index (χ4v) is 2.57. The summed E-state index contributed by atoms with van der Waals surface area (Å²) in [6.07, 6.45) is 9.12. The van der Waals surface area contributed by atoms with Crippen LogP contribution in [-0.4, -0.2) is 13.6 Å². The Hall–Kier alpha value is -0.300. The zero-order valence-corrected chi connectivity index (χ0v) is 12.5. The number of nitrogens with one attached hydrogen (secondary N) is 1. The predicted molar refractivity (Wildman–Crippen MR) is 79.4 cm³/mol. The van der Waals surface area contributed by atoms with Gasteiger partial charge in [-0.1, -0.05) is 52.2 Å². The van der Waals surface area contributed by atoms with Crippen LogP contribution in [0.1, 0.15) is 65.7 Å². The normalized spacial score (nSPS) is 13.0. The third-order valence-electron chi connectivity index (χ3n) is 3.27. The molecule has 1 atom stereocenters. The maximum absolute atomic E-state index is 4.22. The highest BCUT2D eigenvalue weighted by Gasteiger charge is 2.12. The third-order valence-corrected chi connectivity index (χ3v) is 3.27. The summed E-state index contributed by atoms with van der Waals surface area (Å²) in [6.45, 7) is 12.3. The summed E-state index contributed by atoms with van der Waals surface area (Å²) in [7, 11) is 2.04. The Bertz CT molecular complexity index is 184. The number of rotatable bonds is 11. The summed E-state index contributed by atoms with van der Waals surface area (Å²) in [5, 5.41) is 3.23. The van der Waals surface area contributed by atoms with Crippen LogP contribution in [-0.2, 0) is 0 Å². The van der Waals surface area contributed by atoms with E-state index in [2.05, 4.69) is 32.7 Å². The molecular formula is C16H33N. The van der Waals surface area contributed by atoms with E-state index < -0.39 is 0 Å². The van der Waals surface area contributed by atoms with E-state index in [0.29, 0.717) is 0 Å². The first kappa shape index (κ1) is 16.7. The van der Waals surface area contributed by atoms with Crippen molar-refractivity contribution in [1.82, 2.24) is 5.32 Å². The molecule has 0 aliphatic carbocycles. The van der Waals surface area contributed by atoms with Crippen LogP contribution in [0.25, 0.3) is 0 Å². The molecule has 0 amide bonds. The van der Waals surface area contributed by atoms with Gasteiger partial charge in [0, 0.05) is 0 Å². The Morgan fingerprint density at radius 2 is 1.94 bits per heavy atom. The minimum atomic E-state index is 0.818. The van der Waals surface area contributed by atoms with E-state index in [1.165, 1.54) is 50.5 Å². The number of unbranched alkanes of at least 4 members (excludes halogenated alkanes) is 1. The molecule has 0 bridgehead atoms. The maximum atomic E-state index is 4.22. The molecule has 17 heavy (non-hydrogen) atoms. The van der Waals surface area contributed by atoms with Gasteiger partial charge in [0.1, 0.15) is 0 Å². The fourth-order valence-electron chi connectivity index (χ4n) is 2.57. The average Bonchev–Trinajstić information content (AvgIpc) is 2.23. The van der Waals surface area contributed by atoms with Crippen LogP contribution in [0.3, 0.4) is 0 Å². The molecule has 1 heteroatoms. The SMILES string of the molecule is C=C(CCC)CC(CCCCNC)CC(C)C. The van der Waals surface area contributed by atoms with E-state index in [1.54, 1.807) is 0 Å². The van der Waals surface area contributed by atoms with Crippen LogP contribution in [0.2, 0.25) is 0 Å². The molecule has 0 aromatic rings. The molecule has 0 aliphatic heterocycles. The first-order valence-corrected chi connectivity index (χ1v) is 7.41. The summed E-state index contributed by atoms with van der Waals surface area (Å²) >= 11 is 0. The van der Waals surface area contributed by atoms with Crippen molar-refractivity contribution in [2.75, 3.05) is 13.6 Å². The van der Waals surface area contributed by atoms with Crippen molar-refractivity contribution < 1.29 is 0 Å². The Morgan fingerprint density at radius 1 is 1.24 bits per heavy atom. The van der Waals surface area contributed by atoms with E-state index >= 15 is 0 Å². The second-order valence-corrected chi connectivity index (χ2v) is 5.80. The van der Waals surface area contributed by atoms with Gasteiger partial charge in [-0.15, -0.1) is 0 Å². The Kier molecular flexibility index (Phi) is 10.6. The van der Waals surface area contributed by atoms with Crippen LogP contribution in [0.15, 0.2) is 12.2 Å². The van der Waals surface area contributed by atoms with Crippen LogP contribution in [0.4, 0.5) is 0 Å². The molecule has 0 heterocycles. The molecule has 0 spiro atoms. The monoisotopic (exact) mass is 239 g/mol. The van der Waals surface area contributed by atoms with Gasteiger partial charge in [0.15, 0.2) is 0 Å². The molecule has 0 fully saturated rings. The van der Waals surface area contributed by atoms with Crippen molar-refractivity contribution in [1.29, 1.82) is 0 Å². The Balaban J connectivity index is 3.91. The molecule has 0 aliphatic rings. The molecule has 1 unspecified atom stereocenters. The first-order valence-electron chi connectivity index (χ1n) is 7.41. The molecule has 0 radical (unpaired) electrons. The van der Waals surface area contributed by atoms with Crippen molar-refractivity contribution in [2.24, 2.45) is 11.8 Å². The zero-order chi connectivity index (χ0) is 13.1. The van der Waals surface area contributed by atoms with Crippen LogP contribution in [0.5, 0.6) is 0 Å². The second-order valence-electron chi connectivity index (χ2n) is 5.80. The fraction of sp³-hybridized carbons (Fsp3) is 0.875. The molecule has 0 aromatic carbocycles. The van der Waals surface area contributed by atoms with Gasteiger partial charge in [-0.25, -0.2) is 0 Å². The summed E-state index contributed by atoms with van der Waals surface area (Å²) in [5.74, 6) is 1.68. The Labute approximate surface area is 109 Å². The smallest absolute Gasteiger partial charge is 0.00519 e. The van der Waals surface area contributed by atoms with Crippen LogP contribution in [0, 0.1) is 11.8 Å². The topological polar surface area (TPSA) is 12.0 Å². The largest absolute Gasteiger partial charge is 0.320 e. The summed E-state index contributed by atoms with van der Waals surface area (Å²) in [4.78, 5) is 0. The lowest BCUT2D eigenvalue weighted by Gasteiger charge is -2.20. The highest BCUT2D eigenvalue weighted by atomic mass is 14.8. The van der Waals surface area contributed by atoms with Crippen molar-refractivity contribution in [3.05, 3.63) is 12.2 Å². The highest BCUT2D eigenvalue weighted by Crippen LogP contribution is 2.26. The quantitative estimate of drug-likeness (QED) is 0.404. The lowest BCUT2D eigenvalue weighted by molar-refractivity contribution is 0.367. The van der Waals surface area contributed by atoms with Crippen molar-refractivity contribution in [3.63, 3.8) is 0 Å². The van der Waals surface area contributed by atoms with Crippen molar-refractivity contribution in [2.45, 2.75) is 65.7 Å². The van der Waals surface area contributed by atoms with Crippen molar-refractivity contribution in [3.8, 4) is 0 Å². The van der Waals surface area contributed by atoms with Gasteiger partial charge in [0.25, 0.3) is 0 Å². The molecule has 0 saturated heterocycles. The van der Waals surface area contributed by atoms with Crippen LogP contribution >= 0.6 is 0 Å². The Morgan fingerprint density at radius 3 is 2.47 bits per heavy atom. The summed E-state index contributed by atoms with van der Waals surface area (Å²) in [5.41, 5.74) is 1.46. The van der Waals surface area contributed by atoms with Crippen LogP contribution < -0.4 is 5.32 Å². The summed E-state index contributed by atoms with van der Waals surface area (Å²) < 4.78 is 0. The van der Waals surface area contributed by atoms with Crippen molar-refractivity contribution >= 4 is 0 Å². The molecule has 1 N–H and O–H groups in total. The van der Waals surface area contributed by atoms with Gasteiger partial charge in [-0.2, -0.15) is 0 Å². The van der Waals surface area contributed by atoms with E-state index in [4.69, 9.17) is 0 Å².